The number of aryl methyl sites for hydroxylation is 1. The fraction of sp³-hybridized carbons (Fsp3) is 0.353. The molecule has 0 aliphatic rings. The van der Waals surface area contributed by atoms with Crippen LogP contribution in [0.2, 0.25) is 0 Å². The van der Waals surface area contributed by atoms with Crippen LogP contribution in [0.5, 0.6) is 0 Å². The lowest BCUT2D eigenvalue weighted by atomic mass is 10.1. The third kappa shape index (κ3) is 5.39. The molecular weight excluding hydrogens is 325 g/mol. The van der Waals surface area contributed by atoms with Gasteiger partial charge in [0.1, 0.15) is 11.9 Å². The molecule has 1 amide bonds. The third-order valence-electron chi connectivity index (χ3n) is 3.54. The standard InChI is InChI=1S/C17H22FN5O2/c1-11-10-14(24)22-17(21-11)20-9-8-19-16(25)15(23(2)3)12-4-6-13(18)7-5-12/h4-7,10,15H,8-9H2,1-3H3,(H,19,25)(H2,20,21,22,24)/t15-/m0/s1. The predicted octanol–water partition coefficient (Wildman–Crippen LogP) is 1.05. The molecule has 8 heteroatoms. The Morgan fingerprint density at radius 1 is 1.28 bits per heavy atom. The van der Waals surface area contributed by atoms with Crippen LogP contribution in [0.15, 0.2) is 35.1 Å². The zero-order valence-corrected chi connectivity index (χ0v) is 14.5. The van der Waals surface area contributed by atoms with Gasteiger partial charge in [0.2, 0.25) is 11.9 Å². The highest BCUT2D eigenvalue weighted by Gasteiger charge is 2.22. The molecule has 25 heavy (non-hydrogen) atoms. The average molecular weight is 347 g/mol. The maximum Gasteiger partial charge on any atom is 0.252 e. The lowest BCUT2D eigenvalue weighted by molar-refractivity contribution is -0.125. The molecule has 0 aliphatic heterocycles. The van der Waals surface area contributed by atoms with Gasteiger partial charge in [0, 0.05) is 24.8 Å². The quantitative estimate of drug-likeness (QED) is 0.652. The summed E-state index contributed by atoms with van der Waals surface area (Å²) in [7, 11) is 3.57. The van der Waals surface area contributed by atoms with Crippen LogP contribution < -0.4 is 16.2 Å². The van der Waals surface area contributed by atoms with E-state index in [4.69, 9.17) is 0 Å². The van der Waals surface area contributed by atoms with Gasteiger partial charge in [-0.15, -0.1) is 0 Å². The van der Waals surface area contributed by atoms with Crippen LogP contribution in [0.1, 0.15) is 17.3 Å². The minimum atomic E-state index is -0.516. The van der Waals surface area contributed by atoms with Crippen molar-refractivity contribution in [2.24, 2.45) is 0 Å². The third-order valence-corrected chi connectivity index (χ3v) is 3.54. The van der Waals surface area contributed by atoms with Gasteiger partial charge in [-0.3, -0.25) is 19.5 Å². The van der Waals surface area contributed by atoms with E-state index in [-0.39, 0.29) is 17.3 Å². The molecular formula is C17H22FN5O2. The van der Waals surface area contributed by atoms with E-state index in [1.165, 1.54) is 18.2 Å². The maximum absolute atomic E-state index is 13.1. The van der Waals surface area contributed by atoms with Crippen molar-refractivity contribution < 1.29 is 9.18 Å². The number of H-pyrrole nitrogens is 1. The largest absolute Gasteiger partial charge is 0.354 e. The Kier molecular flexibility index (Phi) is 6.24. The molecule has 2 aromatic rings. The minimum Gasteiger partial charge on any atom is -0.354 e. The molecule has 2 rings (SSSR count). The first kappa shape index (κ1) is 18.6. The zero-order chi connectivity index (χ0) is 18.4. The summed E-state index contributed by atoms with van der Waals surface area (Å²) in [5.74, 6) is -0.170. The summed E-state index contributed by atoms with van der Waals surface area (Å²) in [6.45, 7) is 2.48. The summed E-state index contributed by atoms with van der Waals surface area (Å²) in [6, 6.07) is 6.74. The number of halogens is 1. The van der Waals surface area contributed by atoms with Gasteiger partial charge >= 0.3 is 0 Å². The molecule has 0 aliphatic carbocycles. The van der Waals surface area contributed by atoms with Crippen LogP contribution in [0.4, 0.5) is 10.3 Å². The van der Waals surface area contributed by atoms with Crippen molar-refractivity contribution in [3.8, 4) is 0 Å². The van der Waals surface area contributed by atoms with Crippen molar-refractivity contribution in [1.82, 2.24) is 20.2 Å². The van der Waals surface area contributed by atoms with E-state index in [1.807, 2.05) is 0 Å². The molecule has 0 fully saturated rings. The molecule has 1 heterocycles. The summed E-state index contributed by atoms with van der Waals surface area (Å²) in [4.78, 5) is 32.3. The van der Waals surface area contributed by atoms with E-state index in [9.17, 15) is 14.0 Å². The number of amides is 1. The van der Waals surface area contributed by atoms with Gasteiger partial charge in [0.25, 0.3) is 5.56 Å². The first-order valence-electron chi connectivity index (χ1n) is 7.88. The molecule has 0 bridgehead atoms. The van der Waals surface area contributed by atoms with Gasteiger partial charge < -0.3 is 10.6 Å². The highest BCUT2D eigenvalue weighted by Crippen LogP contribution is 2.18. The topological polar surface area (TPSA) is 90.1 Å². The molecule has 0 saturated carbocycles. The molecule has 7 nitrogen and oxygen atoms in total. The van der Waals surface area contributed by atoms with E-state index in [0.29, 0.717) is 30.3 Å². The van der Waals surface area contributed by atoms with Gasteiger partial charge in [-0.25, -0.2) is 9.37 Å². The van der Waals surface area contributed by atoms with E-state index in [1.54, 1.807) is 38.1 Å². The number of nitrogens with zero attached hydrogens (tertiary/aromatic N) is 2. The number of carbonyl (C=O) groups is 1. The lowest BCUT2D eigenvalue weighted by Crippen LogP contribution is -2.39. The number of rotatable bonds is 7. The van der Waals surface area contributed by atoms with Crippen molar-refractivity contribution in [2.75, 3.05) is 32.5 Å². The van der Waals surface area contributed by atoms with Crippen molar-refractivity contribution in [3.05, 3.63) is 57.8 Å². The molecule has 0 spiro atoms. The van der Waals surface area contributed by atoms with Gasteiger partial charge in [-0.1, -0.05) is 12.1 Å². The maximum atomic E-state index is 13.1. The molecule has 1 aromatic heterocycles. The van der Waals surface area contributed by atoms with E-state index < -0.39 is 6.04 Å². The number of nitrogens with one attached hydrogen (secondary N) is 3. The van der Waals surface area contributed by atoms with Gasteiger partial charge in [-0.05, 0) is 38.7 Å². The number of hydrogen-bond donors (Lipinski definition) is 3. The predicted molar refractivity (Wildman–Crippen MR) is 93.9 cm³/mol. The number of aromatic nitrogens is 2. The summed E-state index contributed by atoms with van der Waals surface area (Å²) in [5, 5.41) is 5.77. The molecule has 0 unspecified atom stereocenters. The normalized spacial score (nSPS) is 12.0. The van der Waals surface area contributed by atoms with Gasteiger partial charge in [0.05, 0.1) is 0 Å². The molecule has 3 N–H and O–H groups in total. The number of carbonyl (C=O) groups excluding carboxylic acids is 1. The van der Waals surface area contributed by atoms with Crippen molar-refractivity contribution >= 4 is 11.9 Å². The van der Waals surface area contributed by atoms with Crippen LogP contribution in [0.3, 0.4) is 0 Å². The Morgan fingerprint density at radius 2 is 1.96 bits per heavy atom. The number of benzene rings is 1. The second kappa shape index (κ2) is 8.39. The molecule has 1 atom stereocenters. The van der Waals surface area contributed by atoms with Gasteiger partial charge in [-0.2, -0.15) is 0 Å². The molecule has 1 aromatic carbocycles. The van der Waals surface area contributed by atoms with Crippen LogP contribution in [0.25, 0.3) is 0 Å². The molecule has 134 valence electrons. The van der Waals surface area contributed by atoms with Crippen molar-refractivity contribution in [3.63, 3.8) is 0 Å². The average Bonchev–Trinajstić information content (AvgIpc) is 2.52. The second-order valence-corrected chi connectivity index (χ2v) is 5.87. The van der Waals surface area contributed by atoms with Crippen LogP contribution in [-0.2, 0) is 4.79 Å². The van der Waals surface area contributed by atoms with E-state index >= 15 is 0 Å². The highest BCUT2D eigenvalue weighted by molar-refractivity contribution is 5.83. The molecule has 0 radical (unpaired) electrons. The fourth-order valence-corrected chi connectivity index (χ4v) is 2.46. The Morgan fingerprint density at radius 3 is 2.56 bits per heavy atom. The number of aromatic amines is 1. The number of likely N-dealkylation sites (N-methyl/N-ethyl adjacent to an activating group) is 1. The highest BCUT2D eigenvalue weighted by atomic mass is 19.1. The summed E-state index contributed by atoms with van der Waals surface area (Å²) in [5.41, 5.74) is 1.09. The fourth-order valence-electron chi connectivity index (χ4n) is 2.46. The SMILES string of the molecule is Cc1cc(=O)[nH]c(NCCNC(=O)[C@H](c2ccc(F)cc2)N(C)C)n1. The summed E-state index contributed by atoms with van der Waals surface area (Å²) in [6.07, 6.45) is 0. The van der Waals surface area contributed by atoms with Gasteiger partial charge in [0.15, 0.2) is 0 Å². The van der Waals surface area contributed by atoms with Crippen LogP contribution in [0, 0.1) is 12.7 Å². The Hall–Kier alpha value is -2.74. The van der Waals surface area contributed by atoms with E-state index in [2.05, 4.69) is 20.6 Å². The Bertz CT molecular complexity index is 773. The van der Waals surface area contributed by atoms with Crippen LogP contribution in [-0.4, -0.2) is 48.0 Å². The van der Waals surface area contributed by atoms with Crippen LogP contribution >= 0.6 is 0 Å². The van der Waals surface area contributed by atoms with Crippen molar-refractivity contribution in [1.29, 1.82) is 0 Å². The lowest BCUT2D eigenvalue weighted by Gasteiger charge is -2.24. The summed E-state index contributed by atoms with van der Waals surface area (Å²) < 4.78 is 13.1. The number of hydrogen-bond acceptors (Lipinski definition) is 5. The number of anilines is 1. The smallest absolute Gasteiger partial charge is 0.252 e. The Labute approximate surface area is 145 Å². The first-order chi connectivity index (χ1) is 11.9. The molecule has 0 saturated heterocycles. The Balaban J connectivity index is 1.91. The summed E-state index contributed by atoms with van der Waals surface area (Å²) >= 11 is 0. The van der Waals surface area contributed by atoms with E-state index in [0.717, 1.165) is 0 Å². The monoisotopic (exact) mass is 347 g/mol. The first-order valence-corrected chi connectivity index (χ1v) is 7.88. The zero-order valence-electron chi connectivity index (χ0n) is 14.5. The second-order valence-electron chi connectivity index (χ2n) is 5.87. The van der Waals surface area contributed by atoms with Crippen molar-refractivity contribution in [2.45, 2.75) is 13.0 Å². The minimum absolute atomic E-state index is 0.191.